The first-order valence-corrected chi connectivity index (χ1v) is 9.27. The first-order chi connectivity index (χ1) is 13.1. The van der Waals surface area contributed by atoms with Crippen molar-refractivity contribution in [1.29, 1.82) is 0 Å². The number of para-hydroxylation sites is 1. The Labute approximate surface area is 160 Å². The average molecular weight is 369 g/mol. The van der Waals surface area contributed by atoms with Crippen LogP contribution in [-0.2, 0) is 6.54 Å². The summed E-state index contributed by atoms with van der Waals surface area (Å²) in [6.07, 6.45) is 1.76. The Kier molecular flexibility index (Phi) is 7.79. The fourth-order valence-corrected chi connectivity index (χ4v) is 2.81. The second-order valence-electron chi connectivity index (χ2n) is 6.19. The lowest BCUT2D eigenvalue weighted by molar-refractivity contribution is 0.0749. The summed E-state index contributed by atoms with van der Waals surface area (Å²) >= 11 is 0. The molecule has 0 atom stereocenters. The van der Waals surface area contributed by atoms with E-state index in [9.17, 15) is 9.59 Å². The van der Waals surface area contributed by atoms with E-state index in [0.717, 1.165) is 18.4 Å². The normalized spacial score (nSPS) is 10.3. The Hall–Kier alpha value is -2.89. The van der Waals surface area contributed by atoms with E-state index in [1.165, 1.54) is 0 Å². The van der Waals surface area contributed by atoms with Crippen molar-refractivity contribution in [3.8, 4) is 5.75 Å². The van der Waals surface area contributed by atoms with Gasteiger partial charge in [0, 0.05) is 25.2 Å². The van der Waals surface area contributed by atoms with Crippen molar-refractivity contribution < 1.29 is 14.3 Å². The standard InChI is InChI=1S/C21H27N3O3/c1-4-13-24(14-5-2)21(26)18-11-8-10-17(23-18)20(25)22-15-16-9-6-7-12-19(16)27-3/h6-12H,4-5,13-15H2,1-3H3,(H,22,25). The predicted molar refractivity (Wildman–Crippen MR) is 105 cm³/mol. The average Bonchev–Trinajstić information content (AvgIpc) is 2.71. The SMILES string of the molecule is CCCN(CCC)C(=O)c1cccc(C(=O)NCc2ccccc2OC)n1. The zero-order valence-electron chi connectivity index (χ0n) is 16.2. The van der Waals surface area contributed by atoms with Crippen molar-refractivity contribution in [3.05, 3.63) is 59.4 Å². The maximum absolute atomic E-state index is 12.7. The highest BCUT2D eigenvalue weighted by molar-refractivity contribution is 5.96. The van der Waals surface area contributed by atoms with Gasteiger partial charge >= 0.3 is 0 Å². The van der Waals surface area contributed by atoms with Crippen LogP contribution in [0.1, 0.15) is 53.2 Å². The molecular weight excluding hydrogens is 342 g/mol. The molecule has 6 nitrogen and oxygen atoms in total. The molecule has 1 aromatic heterocycles. The van der Waals surface area contributed by atoms with E-state index in [0.29, 0.717) is 31.1 Å². The van der Waals surface area contributed by atoms with Crippen molar-refractivity contribution in [2.24, 2.45) is 0 Å². The third kappa shape index (κ3) is 5.54. The van der Waals surface area contributed by atoms with E-state index < -0.39 is 0 Å². The van der Waals surface area contributed by atoms with Crippen LogP contribution in [0.2, 0.25) is 0 Å². The number of carbonyl (C=O) groups is 2. The van der Waals surface area contributed by atoms with Gasteiger partial charge in [-0.1, -0.05) is 38.1 Å². The summed E-state index contributed by atoms with van der Waals surface area (Å²) in [7, 11) is 1.59. The van der Waals surface area contributed by atoms with Gasteiger partial charge in [-0.2, -0.15) is 0 Å². The fourth-order valence-electron chi connectivity index (χ4n) is 2.81. The lowest BCUT2D eigenvalue weighted by Crippen LogP contribution is -2.33. The van der Waals surface area contributed by atoms with E-state index in [-0.39, 0.29) is 17.5 Å². The summed E-state index contributed by atoms with van der Waals surface area (Å²) in [6.45, 7) is 5.74. The maximum atomic E-state index is 12.7. The molecule has 0 aliphatic heterocycles. The molecule has 144 valence electrons. The van der Waals surface area contributed by atoms with Gasteiger partial charge in [0.15, 0.2) is 0 Å². The molecule has 6 heteroatoms. The van der Waals surface area contributed by atoms with Gasteiger partial charge in [0.2, 0.25) is 0 Å². The predicted octanol–water partition coefficient (Wildman–Crippen LogP) is 3.28. The minimum atomic E-state index is -0.326. The van der Waals surface area contributed by atoms with E-state index in [2.05, 4.69) is 10.3 Å². The molecular formula is C21H27N3O3. The van der Waals surface area contributed by atoms with Crippen molar-refractivity contribution in [3.63, 3.8) is 0 Å². The van der Waals surface area contributed by atoms with Crippen LogP contribution in [0.4, 0.5) is 0 Å². The number of methoxy groups -OCH3 is 1. The first-order valence-electron chi connectivity index (χ1n) is 9.27. The third-order valence-corrected chi connectivity index (χ3v) is 4.11. The largest absolute Gasteiger partial charge is 0.496 e. The highest BCUT2D eigenvalue weighted by atomic mass is 16.5. The number of benzene rings is 1. The van der Waals surface area contributed by atoms with E-state index in [4.69, 9.17) is 4.74 Å². The van der Waals surface area contributed by atoms with Crippen molar-refractivity contribution in [2.45, 2.75) is 33.2 Å². The zero-order valence-corrected chi connectivity index (χ0v) is 16.2. The number of nitrogens with zero attached hydrogens (tertiary/aromatic N) is 2. The van der Waals surface area contributed by atoms with Gasteiger partial charge in [-0.15, -0.1) is 0 Å². The molecule has 0 saturated heterocycles. The fraction of sp³-hybridized carbons (Fsp3) is 0.381. The zero-order chi connectivity index (χ0) is 19.6. The molecule has 0 radical (unpaired) electrons. The summed E-state index contributed by atoms with van der Waals surface area (Å²) in [5.41, 5.74) is 1.39. The minimum absolute atomic E-state index is 0.141. The Balaban J connectivity index is 2.09. The molecule has 0 bridgehead atoms. The molecule has 2 aromatic rings. The summed E-state index contributed by atoms with van der Waals surface area (Å²) in [5, 5.41) is 2.83. The van der Waals surface area contributed by atoms with Crippen LogP contribution >= 0.6 is 0 Å². The summed E-state index contributed by atoms with van der Waals surface area (Å²) in [5.74, 6) is 0.246. The quantitative estimate of drug-likeness (QED) is 0.736. The first kappa shape index (κ1) is 20.4. The van der Waals surface area contributed by atoms with Gasteiger partial charge < -0.3 is 15.0 Å². The van der Waals surface area contributed by atoms with Gasteiger partial charge in [0.1, 0.15) is 17.1 Å². The van der Waals surface area contributed by atoms with Gasteiger partial charge in [0.05, 0.1) is 7.11 Å². The molecule has 1 aromatic carbocycles. The smallest absolute Gasteiger partial charge is 0.272 e. The van der Waals surface area contributed by atoms with Gasteiger partial charge in [-0.25, -0.2) is 4.98 Å². The van der Waals surface area contributed by atoms with E-state index in [1.54, 1.807) is 30.2 Å². The second kappa shape index (κ2) is 10.3. The number of amides is 2. The Morgan fingerprint density at radius 1 is 1.00 bits per heavy atom. The Bertz CT molecular complexity index is 771. The Morgan fingerprint density at radius 2 is 1.67 bits per heavy atom. The number of pyridine rings is 1. The van der Waals surface area contributed by atoms with Crippen molar-refractivity contribution in [2.75, 3.05) is 20.2 Å². The molecule has 0 aliphatic rings. The van der Waals surface area contributed by atoms with E-state index >= 15 is 0 Å². The van der Waals surface area contributed by atoms with E-state index in [1.807, 2.05) is 38.1 Å². The lowest BCUT2D eigenvalue weighted by atomic mass is 10.2. The summed E-state index contributed by atoms with van der Waals surface area (Å²) in [4.78, 5) is 31.2. The molecule has 0 unspecified atom stereocenters. The lowest BCUT2D eigenvalue weighted by Gasteiger charge is -2.21. The summed E-state index contributed by atoms with van der Waals surface area (Å²) in [6, 6.07) is 12.4. The molecule has 0 saturated carbocycles. The number of aromatic nitrogens is 1. The van der Waals surface area contributed by atoms with Crippen molar-refractivity contribution in [1.82, 2.24) is 15.2 Å². The number of hydrogen-bond donors (Lipinski definition) is 1. The molecule has 2 amide bonds. The van der Waals surface area contributed by atoms with Crippen molar-refractivity contribution >= 4 is 11.8 Å². The van der Waals surface area contributed by atoms with Crippen LogP contribution in [0.3, 0.4) is 0 Å². The van der Waals surface area contributed by atoms with Crippen LogP contribution in [0, 0.1) is 0 Å². The highest BCUT2D eigenvalue weighted by Crippen LogP contribution is 2.16. The van der Waals surface area contributed by atoms with Crippen LogP contribution in [0.25, 0.3) is 0 Å². The number of carbonyl (C=O) groups excluding carboxylic acids is 2. The number of ether oxygens (including phenoxy) is 1. The molecule has 0 fully saturated rings. The molecule has 1 heterocycles. The van der Waals surface area contributed by atoms with Gasteiger partial charge in [-0.05, 0) is 31.0 Å². The van der Waals surface area contributed by atoms with Crippen LogP contribution in [0.5, 0.6) is 5.75 Å². The monoisotopic (exact) mass is 369 g/mol. The molecule has 0 aliphatic carbocycles. The van der Waals surface area contributed by atoms with Gasteiger partial charge in [-0.3, -0.25) is 9.59 Å². The Morgan fingerprint density at radius 3 is 2.33 bits per heavy atom. The molecule has 0 spiro atoms. The third-order valence-electron chi connectivity index (χ3n) is 4.11. The highest BCUT2D eigenvalue weighted by Gasteiger charge is 2.17. The number of nitrogens with one attached hydrogen (secondary N) is 1. The number of hydrogen-bond acceptors (Lipinski definition) is 4. The van der Waals surface area contributed by atoms with Gasteiger partial charge in [0.25, 0.3) is 11.8 Å². The molecule has 27 heavy (non-hydrogen) atoms. The summed E-state index contributed by atoms with van der Waals surface area (Å²) < 4.78 is 5.29. The topological polar surface area (TPSA) is 71.5 Å². The van der Waals surface area contributed by atoms with Crippen LogP contribution in [-0.4, -0.2) is 41.9 Å². The van der Waals surface area contributed by atoms with Crippen LogP contribution < -0.4 is 10.1 Å². The number of rotatable bonds is 9. The molecule has 1 N–H and O–H groups in total. The maximum Gasteiger partial charge on any atom is 0.272 e. The minimum Gasteiger partial charge on any atom is -0.496 e. The second-order valence-corrected chi connectivity index (χ2v) is 6.19. The molecule has 2 rings (SSSR count). The van der Waals surface area contributed by atoms with Crippen LogP contribution in [0.15, 0.2) is 42.5 Å².